The number of amides is 2. The van der Waals surface area contributed by atoms with Gasteiger partial charge in [0.05, 0.1) is 16.3 Å². The van der Waals surface area contributed by atoms with Crippen molar-refractivity contribution >= 4 is 39.9 Å². The molecule has 0 unspecified atom stereocenters. The number of carbonyl (C=O) groups excluding carboxylic acids is 2. The quantitative estimate of drug-likeness (QED) is 0.637. The van der Waals surface area contributed by atoms with Gasteiger partial charge >= 0.3 is 0 Å². The summed E-state index contributed by atoms with van der Waals surface area (Å²) < 4.78 is 0. The van der Waals surface area contributed by atoms with Crippen LogP contribution < -0.4 is 11.1 Å². The second-order valence-electron chi connectivity index (χ2n) is 5.05. The monoisotopic (exact) mass is 341 g/mol. The maximum absolute atomic E-state index is 12.4. The first kappa shape index (κ1) is 15.8. The summed E-state index contributed by atoms with van der Waals surface area (Å²) in [7, 11) is 0. The molecular formula is C17H12ClN3O3. The molecule has 0 saturated heterocycles. The highest BCUT2D eigenvalue weighted by atomic mass is 35.5. The Balaban J connectivity index is 1.98. The van der Waals surface area contributed by atoms with Gasteiger partial charge < -0.3 is 16.2 Å². The van der Waals surface area contributed by atoms with Crippen LogP contribution in [0.2, 0.25) is 5.02 Å². The van der Waals surface area contributed by atoms with Crippen LogP contribution in [0.3, 0.4) is 0 Å². The first-order valence-corrected chi connectivity index (χ1v) is 7.32. The molecule has 0 aliphatic carbocycles. The van der Waals surface area contributed by atoms with Gasteiger partial charge in [-0.1, -0.05) is 35.9 Å². The molecule has 1 aromatic heterocycles. The highest BCUT2D eigenvalue weighted by Gasteiger charge is 2.16. The maximum Gasteiger partial charge on any atom is 0.274 e. The van der Waals surface area contributed by atoms with Crippen LogP contribution in [-0.2, 0) is 0 Å². The van der Waals surface area contributed by atoms with Gasteiger partial charge in [-0.3, -0.25) is 14.6 Å². The molecule has 3 aromatic rings. The highest BCUT2D eigenvalue weighted by Crippen LogP contribution is 2.38. The van der Waals surface area contributed by atoms with E-state index in [0.29, 0.717) is 5.39 Å². The average Bonchev–Trinajstić information content (AvgIpc) is 2.58. The number of primary amides is 1. The Morgan fingerprint density at radius 2 is 1.92 bits per heavy atom. The Labute approximate surface area is 141 Å². The standard InChI is InChI=1S/C17H12ClN3O3/c18-12-7-9-3-1-2-4-11(9)14(15(12)22)21-17(24)13-6-5-10(8-20-13)16(19)23/h1-8,22H,(H2,19,23)(H,21,24). The fourth-order valence-electron chi connectivity index (χ4n) is 2.28. The lowest BCUT2D eigenvalue weighted by Gasteiger charge is -2.12. The van der Waals surface area contributed by atoms with Gasteiger partial charge in [0.15, 0.2) is 5.75 Å². The molecule has 24 heavy (non-hydrogen) atoms. The minimum Gasteiger partial charge on any atom is -0.504 e. The summed E-state index contributed by atoms with van der Waals surface area (Å²) in [6.45, 7) is 0. The number of halogens is 1. The summed E-state index contributed by atoms with van der Waals surface area (Å²) >= 11 is 6.01. The van der Waals surface area contributed by atoms with E-state index in [2.05, 4.69) is 10.3 Å². The number of aromatic hydroxyl groups is 1. The third kappa shape index (κ3) is 2.87. The molecule has 3 rings (SSSR count). The number of hydrogen-bond acceptors (Lipinski definition) is 4. The molecule has 2 amide bonds. The summed E-state index contributed by atoms with van der Waals surface area (Å²) in [6.07, 6.45) is 1.22. The number of nitrogens with zero attached hydrogens (tertiary/aromatic N) is 1. The molecule has 0 atom stereocenters. The van der Waals surface area contributed by atoms with E-state index in [1.54, 1.807) is 18.2 Å². The molecule has 7 heteroatoms. The maximum atomic E-state index is 12.4. The number of phenolic OH excluding ortho intramolecular Hbond substituents is 1. The van der Waals surface area contributed by atoms with Gasteiger partial charge in [-0.15, -0.1) is 0 Å². The van der Waals surface area contributed by atoms with Gasteiger partial charge in [0.25, 0.3) is 5.91 Å². The van der Waals surface area contributed by atoms with E-state index < -0.39 is 11.8 Å². The van der Waals surface area contributed by atoms with Crippen molar-refractivity contribution < 1.29 is 14.7 Å². The van der Waals surface area contributed by atoms with E-state index in [1.165, 1.54) is 18.3 Å². The number of anilines is 1. The molecular weight excluding hydrogens is 330 g/mol. The third-order valence-electron chi connectivity index (χ3n) is 3.49. The van der Waals surface area contributed by atoms with Gasteiger partial charge in [0.2, 0.25) is 5.91 Å². The van der Waals surface area contributed by atoms with Crippen molar-refractivity contribution in [1.82, 2.24) is 4.98 Å². The van der Waals surface area contributed by atoms with E-state index in [9.17, 15) is 14.7 Å². The average molecular weight is 342 g/mol. The summed E-state index contributed by atoms with van der Waals surface area (Å²) in [5.74, 6) is -1.40. The number of pyridine rings is 1. The fourth-order valence-corrected chi connectivity index (χ4v) is 2.49. The molecule has 0 saturated carbocycles. The van der Waals surface area contributed by atoms with Crippen LogP contribution >= 0.6 is 11.6 Å². The summed E-state index contributed by atoms with van der Waals surface area (Å²) in [4.78, 5) is 27.3. The normalized spacial score (nSPS) is 10.5. The predicted octanol–water partition coefficient (Wildman–Crippen LogP) is 2.95. The lowest BCUT2D eigenvalue weighted by atomic mass is 10.1. The molecule has 0 fully saturated rings. The number of carbonyl (C=O) groups is 2. The lowest BCUT2D eigenvalue weighted by molar-refractivity contribution is 0.0993. The zero-order valence-corrected chi connectivity index (χ0v) is 13.0. The van der Waals surface area contributed by atoms with Crippen molar-refractivity contribution in [3.05, 3.63) is 64.9 Å². The van der Waals surface area contributed by atoms with E-state index >= 15 is 0 Å². The van der Waals surface area contributed by atoms with Gasteiger partial charge in [0, 0.05) is 11.6 Å². The minimum absolute atomic E-state index is 0.0726. The molecule has 1 heterocycles. The van der Waals surface area contributed by atoms with E-state index in [0.717, 1.165) is 5.39 Å². The van der Waals surface area contributed by atoms with Crippen molar-refractivity contribution in [2.75, 3.05) is 5.32 Å². The first-order valence-electron chi connectivity index (χ1n) is 6.95. The Morgan fingerprint density at radius 3 is 2.58 bits per heavy atom. The van der Waals surface area contributed by atoms with Crippen LogP contribution in [0.15, 0.2) is 48.7 Å². The van der Waals surface area contributed by atoms with Gasteiger partial charge in [-0.05, 0) is 23.6 Å². The molecule has 4 N–H and O–H groups in total. The van der Waals surface area contributed by atoms with E-state index in [4.69, 9.17) is 17.3 Å². The van der Waals surface area contributed by atoms with Crippen molar-refractivity contribution in [1.29, 1.82) is 0 Å². The van der Waals surface area contributed by atoms with Crippen LogP contribution in [0, 0.1) is 0 Å². The van der Waals surface area contributed by atoms with Gasteiger partial charge in [-0.25, -0.2) is 0 Å². The second-order valence-corrected chi connectivity index (χ2v) is 5.46. The van der Waals surface area contributed by atoms with Crippen molar-refractivity contribution in [2.24, 2.45) is 5.73 Å². The number of rotatable bonds is 3. The second kappa shape index (κ2) is 6.17. The zero-order chi connectivity index (χ0) is 17.3. The van der Waals surface area contributed by atoms with Gasteiger partial charge in [-0.2, -0.15) is 0 Å². The lowest BCUT2D eigenvalue weighted by Crippen LogP contribution is -2.16. The summed E-state index contributed by atoms with van der Waals surface area (Å²) in [5.41, 5.74) is 5.60. The van der Waals surface area contributed by atoms with E-state index in [1.807, 2.05) is 12.1 Å². The van der Waals surface area contributed by atoms with Crippen LogP contribution in [0.5, 0.6) is 5.75 Å². The Morgan fingerprint density at radius 1 is 1.17 bits per heavy atom. The number of aromatic nitrogens is 1. The Hall–Kier alpha value is -3.12. The largest absolute Gasteiger partial charge is 0.504 e. The number of benzene rings is 2. The molecule has 0 bridgehead atoms. The predicted molar refractivity (Wildman–Crippen MR) is 91.3 cm³/mol. The SMILES string of the molecule is NC(=O)c1ccc(C(=O)Nc2c(O)c(Cl)cc3ccccc23)nc1. The number of nitrogens with one attached hydrogen (secondary N) is 1. The summed E-state index contributed by atoms with van der Waals surface area (Å²) in [5, 5.41) is 14.3. The number of fused-ring (bicyclic) bond motifs is 1. The highest BCUT2D eigenvalue weighted by molar-refractivity contribution is 6.34. The molecule has 6 nitrogen and oxygen atoms in total. The molecule has 0 aliphatic heterocycles. The molecule has 0 spiro atoms. The van der Waals surface area contributed by atoms with Crippen LogP contribution in [0.1, 0.15) is 20.8 Å². The molecule has 120 valence electrons. The van der Waals surface area contributed by atoms with Crippen LogP contribution in [0.25, 0.3) is 10.8 Å². The Bertz CT molecular complexity index is 955. The smallest absolute Gasteiger partial charge is 0.274 e. The van der Waals surface area contributed by atoms with E-state index in [-0.39, 0.29) is 27.7 Å². The van der Waals surface area contributed by atoms with Gasteiger partial charge in [0.1, 0.15) is 5.69 Å². The topological polar surface area (TPSA) is 105 Å². The van der Waals surface area contributed by atoms with Crippen molar-refractivity contribution in [2.45, 2.75) is 0 Å². The molecule has 2 aromatic carbocycles. The Kier molecular flexibility index (Phi) is 4.05. The molecule has 0 aliphatic rings. The fraction of sp³-hybridized carbons (Fsp3) is 0. The number of hydrogen-bond donors (Lipinski definition) is 3. The van der Waals surface area contributed by atoms with Crippen molar-refractivity contribution in [3.8, 4) is 5.75 Å². The zero-order valence-electron chi connectivity index (χ0n) is 12.3. The van der Waals surface area contributed by atoms with Crippen LogP contribution in [-0.4, -0.2) is 21.9 Å². The minimum atomic E-state index is -0.632. The third-order valence-corrected chi connectivity index (χ3v) is 3.78. The summed E-state index contributed by atoms with van der Waals surface area (Å²) in [6, 6.07) is 11.6. The number of nitrogens with two attached hydrogens (primary N) is 1. The molecule has 0 radical (unpaired) electrons. The number of phenols is 1. The first-order chi connectivity index (χ1) is 11.5. The van der Waals surface area contributed by atoms with Crippen molar-refractivity contribution in [3.63, 3.8) is 0 Å². The van der Waals surface area contributed by atoms with Crippen LogP contribution in [0.4, 0.5) is 5.69 Å².